The molecule has 0 aliphatic carbocycles. The summed E-state index contributed by atoms with van der Waals surface area (Å²) in [4.78, 5) is 27.0. The van der Waals surface area contributed by atoms with Crippen LogP contribution >= 0.6 is 0 Å². The van der Waals surface area contributed by atoms with Gasteiger partial charge in [0.15, 0.2) is 11.5 Å². The van der Waals surface area contributed by atoms with E-state index < -0.39 is 0 Å². The Bertz CT molecular complexity index is 1370. The van der Waals surface area contributed by atoms with E-state index >= 15 is 0 Å². The van der Waals surface area contributed by atoms with Crippen LogP contribution in [0.5, 0.6) is 17.2 Å². The summed E-state index contributed by atoms with van der Waals surface area (Å²) in [6, 6.07) is 11.6. The molecule has 4 aromatic rings. The molecule has 1 aliphatic heterocycles. The number of carbonyl (C=O) groups is 1. The van der Waals surface area contributed by atoms with Crippen LogP contribution in [0.25, 0.3) is 10.9 Å². The van der Waals surface area contributed by atoms with Gasteiger partial charge in [0.1, 0.15) is 17.8 Å². The van der Waals surface area contributed by atoms with E-state index in [2.05, 4.69) is 27.1 Å². The van der Waals surface area contributed by atoms with E-state index in [-0.39, 0.29) is 11.9 Å². The van der Waals surface area contributed by atoms with Crippen LogP contribution in [0.2, 0.25) is 0 Å². The van der Waals surface area contributed by atoms with E-state index in [1.165, 1.54) is 17.5 Å². The molecule has 186 valence electrons. The van der Waals surface area contributed by atoms with E-state index in [0.717, 1.165) is 41.5 Å². The van der Waals surface area contributed by atoms with Gasteiger partial charge in [-0.15, -0.1) is 0 Å². The number of aryl methyl sites for hydroxylation is 1. The molecule has 1 amide bonds. The minimum atomic E-state index is -0.142. The minimum absolute atomic E-state index is 0.0950. The Kier molecular flexibility index (Phi) is 6.75. The van der Waals surface area contributed by atoms with Gasteiger partial charge in [-0.05, 0) is 79.3 Å². The lowest BCUT2D eigenvalue weighted by molar-refractivity contribution is 0.0643. The van der Waals surface area contributed by atoms with E-state index in [1.54, 1.807) is 26.5 Å². The average Bonchev–Trinajstić information content (AvgIpc) is 3.33. The molecule has 2 aromatic heterocycles. The molecule has 8 nitrogen and oxygen atoms in total. The first-order valence-corrected chi connectivity index (χ1v) is 12.2. The topological polar surface area (TPSA) is 89.6 Å². The number of fused-ring (bicyclic) bond motifs is 2. The maximum atomic E-state index is 13.6. The van der Waals surface area contributed by atoms with Gasteiger partial charge in [-0.2, -0.15) is 0 Å². The maximum Gasteiger partial charge on any atom is 0.273 e. The summed E-state index contributed by atoms with van der Waals surface area (Å²) in [6.07, 6.45) is 7.31. The fourth-order valence-electron chi connectivity index (χ4n) is 5.04. The second kappa shape index (κ2) is 10.3. The third-order valence-corrected chi connectivity index (χ3v) is 6.81. The third-order valence-electron chi connectivity index (χ3n) is 6.81. The predicted molar refractivity (Wildman–Crippen MR) is 137 cm³/mol. The zero-order valence-corrected chi connectivity index (χ0v) is 20.8. The van der Waals surface area contributed by atoms with Crippen molar-refractivity contribution in [2.24, 2.45) is 0 Å². The highest BCUT2D eigenvalue weighted by Gasteiger charge is 2.33. The van der Waals surface area contributed by atoms with E-state index in [4.69, 9.17) is 14.2 Å². The maximum absolute atomic E-state index is 13.6. The highest BCUT2D eigenvalue weighted by Crippen LogP contribution is 2.41. The molecular formula is C28H30N4O4. The number of hydrogen-bond acceptors (Lipinski definition) is 6. The van der Waals surface area contributed by atoms with Crippen LogP contribution in [0.1, 0.15) is 46.6 Å². The van der Waals surface area contributed by atoms with E-state index in [9.17, 15) is 4.79 Å². The molecule has 0 fully saturated rings. The van der Waals surface area contributed by atoms with Gasteiger partial charge in [-0.1, -0.05) is 0 Å². The van der Waals surface area contributed by atoms with Gasteiger partial charge in [-0.3, -0.25) is 4.79 Å². The van der Waals surface area contributed by atoms with Crippen LogP contribution < -0.4 is 14.2 Å². The van der Waals surface area contributed by atoms with Crippen LogP contribution in [0.4, 0.5) is 0 Å². The van der Waals surface area contributed by atoms with Gasteiger partial charge in [0.05, 0.1) is 26.9 Å². The first kappa shape index (κ1) is 23.7. The molecule has 1 aliphatic rings. The number of benzene rings is 2. The quantitative estimate of drug-likeness (QED) is 0.387. The number of hydrogen-bond donors (Lipinski definition) is 1. The molecular weight excluding hydrogens is 456 g/mol. The van der Waals surface area contributed by atoms with Crippen molar-refractivity contribution >= 4 is 16.8 Å². The highest BCUT2D eigenvalue weighted by molar-refractivity contribution is 5.92. The average molecular weight is 487 g/mol. The molecule has 0 radical (unpaired) electrons. The van der Waals surface area contributed by atoms with Crippen molar-refractivity contribution in [1.29, 1.82) is 0 Å². The Hall–Kier alpha value is -4.07. The number of amides is 1. The summed E-state index contributed by atoms with van der Waals surface area (Å²) in [7, 11) is 3.33. The second-order valence-electron chi connectivity index (χ2n) is 8.76. The van der Waals surface area contributed by atoms with Gasteiger partial charge in [0.25, 0.3) is 5.91 Å². The fourth-order valence-corrected chi connectivity index (χ4v) is 5.04. The zero-order chi connectivity index (χ0) is 25.1. The van der Waals surface area contributed by atoms with Crippen LogP contribution in [-0.2, 0) is 12.8 Å². The van der Waals surface area contributed by atoms with Crippen LogP contribution in [0.15, 0.2) is 55.1 Å². The van der Waals surface area contributed by atoms with Crippen molar-refractivity contribution in [3.05, 3.63) is 77.5 Å². The molecule has 8 heteroatoms. The molecule has 36 heavy (non-hydrogen) atoms. The van der Waals surface area contributed by atoms with E-state index in [0.29, 0.717) is 30.3 Å². The summed E-state index contributed by atoms with van der Waals surface area (Å²) in [5, 5.41) is 1.13. The molecule has 0 saturated heterocycles. The Balaban J connectivity index is 1.52. The van der Waals surface area contributed by atoms with E-state index in [1.807, 2.05) is 36.2 Å². The zero-order valence-electron chi connectivity index (χ0n) is 20.8. The van der Waals surface area contributed by atoms with Crippen LogP contribution in [-0.4, -0.2) is 53.1 Å². The van der Waals surface area contributed by atoms with Crippen molar-refractivity contribution in [2.75, 3.05) is 27.4 Å². The van der Waals surface area contributed by atoms with Crippen molar-refractivity contribution in [1.82, 2.24) is 19.9 Å². The molecule has 3 heterocycles. The number of nitrogens with zero attached hydrogens (tertiary/aromatic N) is 3. The fraction of sp³-hybridized carbons (Fsp3) is 0.321. The largest absolute Gasteiger partial charge is 0.497 e. The third kappa shape index (κ3) is 4.46. The Morgan fingerprint density at radius 1 is 1.14 bits per heavy atom. The number of methoxy groups -OCH3 is 2. The van der Waals surface area contributed by atoms with Crippen molar-refractivity contribution < 1.29 is 19.0 Å². The summed E-state index contributed by atoms with van der Waals surface area (Å²) in [5.41, 5.74) is 4.91. The molecule has 5 rings (SSSR count). The van der Waals surface area contributed by atoms with Crippen LogP contribution in [0, 0.1) is 0 Å². The van der Waals surface area contributed by atoms with Crippen molar-refractivity contribution in [2.45, 2.75) is 32.2 Å². The number of ether oxygens (including phenoxy) is 3. The SMILES string of the molecule is CCOc1cc2c(cc1OC)CCN(C(=O)c1ccncn1)C2CCc1c[nH]c2ccc(OC)cc12. The summed E-state index contributed by atoms with van der Waals surface area (Å²) >= 11 is 0. The molecule has 0 saturated carbocycles. The van der Waals surface area contributed by atoms with Gasteiger partial charge in [0, 0.05) is 29.8 Å². The minimum Gasteiger partial charge on any atom is -0.497 e. The van der Waals surface area contributed by atoms with Gasteiger partial charge < -0.3 is 24.1 Å². The first-order valence-electron chi connectivity index (χ1n) is 12.2. The summed E-state index contributed by atoms with van der Waals surface area (Å²) in [6.45, 7) is 3.08. The lowest BCUT2D eigenvalue weighted by Gasteiger charge is -2.38. The number of H-pyrrole nitrogens is 1. The standard InChI is InChI=1S/C28H30N4O4/c1-4-36-27-15-22-18(13-26(27)35-3)10-12-32(28(33)24-9-11-29-17-31-24)25(22)8-5-19-16-30-23-7-6-20(34-2)14-21(19)23/h6-7,9,11,13-17,25,30H,4-5,8,10,12H2,1-3H3. The van der Waals surface area contributed by atoms with Gasteiger partial charge in [-0.25, -0.2) is 9.97 Å². The molecule has 0 bridgehead atoms. The lowest BCUT2D eigenvalue weighted by atomic mass is 9.88. The predicted octanol–water partition coefficient (Wildman–Crippen LogP) is 4.75. The Morgan fingerprint density at radius 2 is 2.03 bits per heavy atom. The summed E-state index contributed by atoms with van der Waals surface area (Å²) < 4.78 is 16.9. The Labute approximate surface area is 210 Å². The van der Waals surface area contributed by atoms with Gasteiger partial charge in [0.2, 0.25) is 0 Å². The second-order valence-corrected chi connectivity index (χ2v) is 8.76. The van der Waals surface area contributed by atoms with Crippen molar-refractivity contribution in [3.8, 4) is 17.2 Å². The lowest BCUT2D eigenvalue weighted by Crippen LogP contribution is -2.40. The summed E-state index contributed by atoms with van der Waals surface area (Å²) in [5.74, 6) is 2.13. The number of nitrogens with one attached hydrogen (secondary N) is 1. The first-order chi connectivity index (χ1) is 17.6. The number of aromatic nitrogens is 3. The van der Waals surface area contributed by atoms with Crippen LogP contribution in [0.3, 0.4) is 0 Å². The molecule has 2 aromatic carbocycles. The highest BCUT2D eigenvalue weighted by atomic mass is 16.5. The Morgan fingerprint density at radius 3 is 2.78 bits per heavy atom. The molecule has 1 atom stereocenters. The number of carbonyl (C=O) groups excluding carboxylic acids is 1. The number of aromatic amines is 1. The monoisotopic (exact) mass is 486 g/mol. The molecule has 0 spiro atoms. The molecule has 1 unspecified atom stereocenters. The smallest absolute Gasteiger partial charge is 0.273 e. The van der Waals surface area contributed by atoms with Crippen molar-refractivity contribution in [3.63, 3.8) is 0 Å². The number of rotatable bonds is 8. The molecule has 1 N–H and O–H groups in total. The normalized spacial score (nSPS) is 15.0. The van der Waals surface area contributed by atoms with Gasteiger partial charge >= 0.3 is 0 Å².